The Morgan fingerprint density at radius 1 is 1.36 bits per heavy atom. The molecule has 2 heteroatoms. The van der Waals surface area contributed by atoms with Crippen molar-refractivity contribution in [2.75, 3.05) is 13.2 Å². The molecule has 0 aliphatic carbocycles. The normalized spacial score (nSPS) is 9.00. The maximum absolute atomic E-state index is 8.83. The summed E-state index contributed by atoms with van der Waals surface area (Å²) in [7, 11) is 0. The lowest BCUT2D eigenvalue weighted by atomic mass is 10.1. The predicted octanol–water partition coefficient (Wildman–Crippen LogP) is 1.62. The van der Waals surface area contributed by atoms with Crippen LogP contribution in [0.3, 0.4) is 0 Å². The number of para-hydroxylation sites is 1. The molecule has 0 atom stereocenters. The van der Waals surface area contributed by atoms with Gasteiger partial charge in [0.15, 0.2) is 0 Å². The first-order valence-corrected chi connectivity index (χ1v) is 4.59. The molecule has 0 saturated carbocycles. The van der Waals surface area contributed by atoms with Crippen molar-refractivity contribution in [1.29, 1.82) is 0 Å². The van der Waals surface area contributed by atoms with Crippen molar-refractivity contribution in [2.24, 2.45) is 0 Å². The van der Waals surface area contributed by atoms with E-state index in [0.29, 0.717) is 13.0 Å². The minimum Gasteiger partial charge on any atom is -0.481 e. The zero-order chi connectivity index (χ0) is 10.2. The Labute approximate surface area is 84.5 Å². The summed E-state index contributed by atoms with van der Waals surface area (Å²) >= 11 is 0. The van der Waals surface area contributed by atoms with Crippen LogP contribution in [0.1, 0.15) is 12.5 Å². The first kappa shape index (κ1) is 10.6. The van der Waals surface area contributed by atoms with Gasteiger partial charge in [0.05, 0.1) is 0 Å². The number of aliphatic hydroxyl groups excluding tert-OH is 1. The fraction of sp³-hybridized carbons (Fsp3) is 0.333. The third-order valence-electron chi connectivity index (χ3n) is 1.83. The third kappa shape index (κ3) is 3.12. The lowest BCUT2D eigenvalue weighted by Gasteiger charge is -2.07. The topological polar surface area (TPSA) is 29.5 Å². The summed E-state index contributed by atoms with van der Waals surface area (Å²) in [6.07, 6.45) is 0.621. The quantitative estimate of drug-likeness (QED) is 0.731. The highest BCUT2D eigenvalue weighted by atomic mass is 16.5. The number of aliphatic hydroxyl groups is 1. The van der Waals surface area contributed by atoms with Crippen molar-refractivity contribution in [3.05, 3.63) is 29.8 Å². The zero-order valence-electron chi connectivity index (χ0n) is 8.29. The molecule has 0 saturated heterocycles. The molecule has 0 radical (unpaired) electrons. The fourth-order valence-corrected chi connectivity index (χ4v) is 1.16. The molecule has 0 aliphatic heterocycles. The molecular formula is C12H14O2. The summed E-state index contributed by atoms with van der Waals surface area (Å²) in [4.78, 5) is 0. The van der Waals surface area contributed by atoms with Gasteiger partial charge in [0, 0.05) is 6.61 Å². The largest absolute Gasteiger partial charge is 0.481 e. The first-order valence-electron chi connectivity index (χ1n) is 4.59. The van der Waals surface area contributed by atoms with Crippen LogP contribution in [0.5, 0.6) is 5.75 Å². The van der Waals surface area contributed by atoms with Gasteiger partial charge in [0.1, 0.15) is 12.4 Å². The van der Waals surface area contributed by atoms with Crippen LogP contribution in [-0.2, 0) is 6.42 Å². The summed E-state index contributed by atoms with van der Waals surface area (Å²) in [6.45, 7) is 2.32. The molecule has 1 rings (SSSR count). The van der Waals surface area contributed by atoms with Crippen LogP contribution in [0.4, 0.5) is 0 Å². The van der Waals surface area contributed by atoms with Gasteiger partial charge in [-0.15, -0.1) is 5.92 Å². The van der Waals surface area contributed by atoms with Gasteiger partial charge in [-0.2, -0.15) is 0 Å². The molecule has 1 N–H and O–H groups in total. The van der Waals surface area contributed by atoms with Gasteiger partial charge in [-0.1, -0.05) is 24.1 Å². The van der Waals surface area contributed by atoms with Crippen molar-refractivity contribution in [3.63, 3.8) is 0 Å². The predicted molar refractivity (Wildman–Crippen MR) is 56.2 cm³/mol. The van der Waals surface area contributed by atoms with Gasteiger partial charge in [-0.05, 0) is 25.0 Å². The van der Waals surface area contributed by atoms with Crippen LogP contribution in [0.15, 0.2) is 24.3 Å². The van der Waals surface area contributed by atoms with Crippen LogP contribution in [0.25, 0.3) is 0 Å². The number of benzene rings is 1. The number of hydrogen-bond acceptors (Lipinski definition) is 2. The average Bonchev–Trinajstić information content (AvgIpc) is 2.21. The lowest BCUT2D eigenvalue weighted by Crippen LogP contribution is -1.99. The second-order valence-electron chi connectivity index (χ2n) is 2.80. The molecule has 0 heterocycles. The van der Waals surface area contributed by atoms with Gasteiger partial charge < -0.3 is 9.84 Å². The molecule has 0 aromatic heterocycles. The van der Waals surface area contributed by atoms with Crippen LogP contribution in [0.2, 0.25) is 0 Å². The Morgan fingerprint density at radius 2 is 2.14 bits per heavy atom. The standard InChI is InChI=1S/C12H14O2/c1-2-3-10-14-12-7-5-4-6-11(12)8-9-13/h4-7,13H,8-10H2,1H3. The summed E-state index contributed by atoms with van der Waals surface area (Å²) in [5, 5.41) is 8.83. The molecule has 0 unspecified atom stereocenters. The van der Waals surface area contributed by atoms with Crippen LogP contribution in [0, 0.1) is 11.8 Å². The maximum atomic E-state index is 8.83. The highest BCUT2D eigenvalue weighted by molar-refractivity contribution is 5.33. The van der Waals surface area contributed by atoms with Gasteiger partial charge in [0.2, 0.25) is 0 Å². The maximum Gasteiger partial charge on any atom is 0.149 e. The van der Waals surface area contributed by atoms with Crippen molar-refractivity contribution < 1.29 is 9.84 Å². The summed E-state index contributed by atoms with van der Waals surface area (Å²) in [6, 6.07) is 7.69. The minimum atomic E-state index is 0.139. The zero-order valence-corrected chi connectivity index (χ0v) is 8.29. The average molecular weight is 190 g/mol. The van der Waals surface area contributed by atoms with E-state index >= 15 is 0 Å². The molecule has 0 spiro atoms. The molecule has 0 bridgehead atoms. The Hall–Kier alpha value is -1.46. The van der Waals surface area contributed by atoms with E-state index in [1.165, 1.54) is 0 Å². The van der Waals surface area contributed by atoms with Crippen molar-refractivity contribution in [3.8, 4) is 17.6 Å². The third-order valence-corrected chi connectivity index (χ3v) is 1.83. The minimum absolute atomic E-state index is 0.139. The van der Waals surface area contributed by atoms with E-state index in [0.717, 1.165) is 11.3 Å². The van der Waals surface area contributed by atoms with Gasteiger partial charge in [0.25, 0.3) is 0 Å². The smallest absolute Gasteiger partial charge is 0.149 e. The summed E-state index contributed by atoms with van der Waals surface area (Å²) in [5.41, 5.74) is 1.02. The first-order chi connectivity index (χ1) is 6.88. The highest BCUT2D eigenvalue weighted by Crippen LogP contribution is 2.17. The Bertz CT molecular complexity index is 334. The van der Waals surface area contributed by atoms with Crippen molar-refractivity contribution >= 4 is 0 Å². The molecule has 2 nitrogen and oxygen atoms in total. The van der Waals surface area contributed by atoms with E-state index in [-0.39, 0.29) is 6.61 Å². The Kier molecular flexibility index (Phi) is 4.60. The van der Waals surface area contributed by atoms with E-state index < -0.39 is 0 Å². The Morgan fingerprint density at radius 3 is 2.86 bits per heavy atom. The molecule has 0 aliphatic rings. The van der Waals surface area contributed by atoms with E-state index in [1.807, 2.05) is 24.3 Å². The monoisotopic (exact) mass is 190 g/mol. The van der Waals surface area contributed by atoms with Crippen molar-refractivity contribution in [2.45, 2.75) is 13.3 Å². The number of hydrogen-bond donors (Lipinski definition) is 1. The lowest BCUT2D eigenvalue weighted by molar-refractivity contribution is 0.295. The van der Waals surface area contributed by atoms with Crippen LogP contribution in [-0.4, -0.2) is 18.3 Å². The van der Waals surface area contributed by atoms with Crippen molar-refractivity contribution in [1.82, 2.24) is 0 Å². The van der Waals surface area contributed by atoms with E-state index in [2.05, 4.69) is 11.8 Å². The molecule has 74 valence electrons. The molecule has 1 aromatic carbocycles. The molecule has 0 amide bonds. The summed E-state index contributed by atoms with van der Waals surface area (Å²) in [5.74, 6) is 6.41. The van der Waals surface area contributed by atoms with E-state index in [4.69, 9.17) is 9.84 Å². The van der Waals surface area contributed by atoms with Gasteiger partial charge >= 0.3 is 0 Å². The molecular weight excluding hydrogens is 176 g/mol. The van der Waals surface area contributed by atoms with Gasteiger partial charge in [-0.3, -0.25) is 0 Å². The van der Waals surface area contributed by atoms with E-state index in [9.17, 15) is 0 Å². The SMILES string of the molecule is CC#CCOc1ccccc1CCO. The highest BCUT2D eigenvalue weighted by Gasteiger charge is 2.00. The molecule has 1 aromatic rings. The second kappa shape index (κ2) is 6.06. The van der Waals surface area contributed by atoms with Crippen LogP contribution >= 0.6 is 0 Å². The van der Waals surface area contributed by atoms with Gasteiger partial charge in [-0.25, -0.2) is 0 Å². The fourth-order valence-electron chi connectivity index (χ4n) is 1.16. The molecule has 0 fully saturated rings. The Balaban J connectivity index is 2.67. The molecule has 14 heavy (non-hydrogen) atoms. The van der Waals surface area contributed by atoms with E-state index in [1.54, 1.807) is 6.92 Å². The number of rotatable bonds is 4. The summed E-state index contributed by atoms with van der Waals surface area (Å²) < 4.78 is 5.45. The number of ether oxygens (including phenoxy) is 1. The van der Waals surface area contributed by atoms with Crippen LogP contribution < -0.4 is 4.74 Å². The second-order valence-corrected chi connectivity index (χ2v) is 2.80.